The molecular weight excluding hydrogens is 446 g/mol. The summed E-state index contributed by atoms with van der Waals surface area (Å²) in [5, 5.41) is 15.5. The number of carbonyl (C=O) groups excluding carboxylic acids is 3. The standard InChI is InChI=1S/C27H45N3O5/c1-10-12-19(5)28-24(32)23(21-14-13-17(3)18(4)15-21)30(20(6)11-2)25(33)22(16-31)29-26(34)35-27(7,8)9/h13-15,19-20,22-23,31H,10-12,16H2,1-9H3,(H,28,32)(H,29,34). The molecule has 0 aliphatic heterocycles. The van der Waals surface area contributed by atoms with Crippen LogP contribution in [0.15, 0.2) is 18.2 Å². The van der Waals surface area contributed by atoms with E-state index in [0.717, 1.165) is 24.0 Å². The summed E-state index contributed by atoms with van der Waals surface area (Å²) in [5.74, 6) is -0.842. The summed E-state index contributed by atoms with van der Waals surface area (Å²) in [6.07, 6.45) is 1.49. The quantitative estimate of drug-likeness (QED) is 0.431. The summed E-state index contributed by atoms with van der Waals surface area (Å²) in [4.78, 5) is 41.3. The van der Waals surface area contributed by atoms with Crippen LogP contribution in [-0.4, -0.2) is 58.2 Å². The lowest BCUT2D eigenvalue weighted by atomic mass is 9.96. The molecule has 0 heterocycles. The van der Waals surface area contributed by atoms with Crippen LogP contribution in [0.25, 0.3) is 0 Å². The van der Waals surface area contributed by atoms with Gasteiger partial charge in [-0.05, 0) is 78.0 Å². The molecule has 1 rings (SSSR count). The van der Waals surface area contributed by atoms with Gasteiger partial charge in [-0.25, -0.2) is 4.79 Å². The van der Waals surface area contributed by atoms with Crippen LogP contribution in [0.3, 0.4) is 0 Å². The SMILES string of the molecule is CCCC(C)NC(=O)C(c1ccc(C)c(C)c1)N(C(=O)C(CO)NC(=O)OC(C)(C)C)C(C)CC. The van der Waals surface area contributed by atoms with E-state index in [2.05, 4.69) is 10.6 Å². The van der Waals surface area contributed by atoms with Crippen LogP contribution < -0.4 is 10.6 Å². The van der Waals surface area contributed by atoms with Gasteiger partial charge in [0.25, 0.3) is 0 Å². The second kappa shape index (κ2) is 13.5. The highest BCUT2D eigenvalue weighted by molar-refractivity contribution is 5.92. The largest absolute Gasteiger partial charge is 0.444 e. The molecule has 0 fully saturated rings. The minimum atomic E-state index is -1.26. The minimum Gasteiger partial charge on any atom is -0.444 e. The molecule has 35 heavy (non-hydrogen) atoms. The first kappa shape index (κ1) is 30.4. The number of rotatable bonds is 11. The van der Waals surface area contributed by atoms with Gasteiger partial charge in [0.05, 0.1) is 6.61 Å². The molecule has 8 nitrogen and oxygen atoms in total. The molecule has 1 aromatic rings. The number of amides is 3. The van der Waals surface area contributed by atoms with E-state index in [0.29, 0.717) is 12.0 Å². The van der Waals surface area contributed by atoms with Gasteiger partial charge in [-0.15, -0.1) is 0 Å². The Labute approximate surface area is 210 Å². The van der Waals surface area contributed by atoms with Crippen LogP contribution in [0.2, 0.25) is 0 Å². The van der Waals surface area contributed by atoms with E-state index < -0.39 is 36.3 Å². The zero-order chi connectivity index (χ0) is 26.9. The van der Waals surface area contributed by atoms with Crippen LogP contribution in [-0.2, 0) is 14.3 Å². The lowest BCUT2D eigenvalue weighted by molar-refractivity contribution is -0.146. The molecule has 8 heteroatoms. The molecule has 0 aliphatic rings. The Morgan fingerprint density at radius 3 is 2.17 bits per heavy atom. The summed E-state index contributed by atoms with van der Waals surface area (Å²) in [6.45, 7) is 16.2. The van der Waals surface area contributed by atoms with Crippen molar-refractivity contribution < 1.29 is 24.2 Å². The Morgan fingerprint density at radius 1 is 1.06 bits per heavy atom. The van der Waals surface area contributed by atoms with Crippen LogP contribution in [0, 0.1) is 13.8 Å². The summed E-state index contributed by atoms with van der Waals surface area (Å²) >= 11 is 0. The maximum Gasteiger partial charge on any atom is 0.408 e. The van der Waals surface area contributed by atoms with Crippen LogP contribution in [0.5, 0.6) is 0 Å². The molecule has 3 N–H and O–H groups in total. The molecule has 1 aromatic carbocycles. The molecule has 0 bridgehead atoms. The third-order valence-corrected chi connectivity index (χ3v) is 5.98. The van der Waals surface area contributed by atoms with Gasteiger partial charge < -0.3 is 25.4 Å². The molecule has 0 aliphatic carbocycles. The average Bonchev–Trinajstić information content (AvgIpc) is 2.75. The molecule has 4 atom stereocenters. The lowest BCUT2D eigenvalue weighted by Gasteiger charge is -2.38. The van der Waals surface area contributed by atoms with Gasteiger partial charge in [-0.1, -0.05) is 38.5 Å². The number of carbonyl (C=O) groups is 3. The summed E-state index contributed by atoms with van der Waals surface area (Å²) in [5.41, 5.74) is 2.00. The van der Waals surface area contributed by atoms with Crippen LogP contribution in [0.4, 0.5) is 4.79 Å². The first-order valence-corrected chi connectivity index (χ1v) is 12.6. The number of ether oxygens (including phenoxy) is 1. The van der Waals surface area contributed by atoms with Crippen LogP contribution >= 0.6 is 0 Å². The van der Waals surface area contributed by atoms with Gasteiger partial charge in [0.15, 0.2) is 0 Å². The first-order valence-electron chi connectivity index (χ1n) is 12.6. The van der Waals surface area contributed by atoms with E-state index in [9.17, 15) is 19.5 Å². The first-order chi connectivity index (χ1) is 16.2. The number of alkyl carbamates (subject to hydrolysis) is 1. The summed E-state index contributed by atoms with van der Waals surface area (Å²) in [7, 11) is 0. The van der Waals surface area contributed by atoms with Gasteiger partial charge in [0.1, 0.15) is 17.7 Å². The van der Waals surface area contributed by atoms with Crippen molar-refractivity contribution in [2.45, 2.75) is 111 Å². The van der Waals surface area contributed by atoms with Gasteiger partial charge in [0, 0.05) is 12.1 Å². The fourth-order valence-electron chi connectivity index (χ4n) is 3.81. The van der Waals surface area contributed by atoms with E-state index in [1.807, 2.05) is 59.7 Å². The third-order valence-electron chi connectivity index (χ3n) is 5.98. The van der Waals surface area contributed by atoms with E-state index in [4.69, 9.17) is 4.74 Å². The smallest absolute Gasteiger partial charge is 0.408 e. The molecule has 0 saturated carbocycles. The Kier molecular flexibility index (Phi) is 11.7. The summed E-state index contributed by atoms with van der Waals surface area (Å²) in [6, 6.07) is 3.12. The zero-order valence-electron chi connectivity index (χ0n) is 22.9. The Bertz CT molecular complexity index is 865. The Morgan fingerprint density at radius 2 is 1.69 bits per heavy atom. The molecular formula is C27H45N3O5. The number of benzene rings is 1. The number of hydrogen-bond donors (Lipinski definition) is 3. The number of nitrogens with zero attached hydrogens (tertiary/aromatic N) is 1. The van der Waals surface area contributed by atoms with Gasteiger partial charge in [0.2, 0.25) is 11.8 Å². The zero-order valence-corrected chi connectivity index (χ0v) is 22.9. The van der Waals surface area contributed by atoms with Crippen molar-refractivity contribution >= 4 is 17.9 Å². The van der Waals surface area contributed by atoms with E-state index in [-0.39, 0.29) is 18.0 Å². The Hall–Kier alpha value is -2.61. The second-order valence-corrected chi connectivity index (χ2v) is 10.3. The van der Waals surface area contributed by atoms with Crippen molar-refractivity contribution in [1.82, 2.24) is 15.5 Å². The normalized spacial score (nSPS) is 14.9. The van der Waals surface area contributed by atoms with Crippen molar-refractivity contribution in [2.24, 2.45) is 0 Å². The maximum absolute atomic E-state index is 13.8. The van der Waals surface area contributed by atoms with Crippen molar-refractivity contribution in [1.29, 1.82) is 0 Å². The fraction of sp³-hybridized carbons (Fsp3) is 0.667. The highest BCUT2D eigenvalue weighted by atomic mass is 16.6. The molecule has 198 valence electrons. The van der Waals surface area contributed by atoms with Crippen LogP contribution in [0.1, 0.15) is 90.5 Å². The number of nitrogens with one attached hydrogen (secondary N) is 2. The predicted octanol–water partition coefficient (Wildman–Crippen LogP) is 4.16. The van der Waals surface area contributed by atoms with E-state index in [1.54, 1.807) is 20.8 Å². The third kappa shape index (κ3) is 9.17. The highest BCUT2D eigenvalue weighted by Gasteiger charge is 2.38. The second-order valence-electron chi connectivity index (χ2n) is 10.3. The number of aliphatic hydroxyl groups is 1. The molecule has 0 saturated heterocycles. The molecule has 0 radical (unpaired) electrons. The topological polar surface area (TPSA) is 108 Å². The number of hydrogen-bond acceptors (Lipinski definition) is 5. The minimum absolute atomic E-state index is 0.0658. The lowest BCUT2D eigenvalue weighted by Crippen LogP contribution is -2.57. The highest BCUT2D eigenvalue weighted by Crippen LogP contribution is 2.28. The monoisotopic (exact) mass is 491 g/mol. The maximum atomic E-state index is 13.8. The van der Waals surface area contributed by atoms with Crippen molar-refractivity contribution in [2.75, 3.05) is 6.61 Å². The average molecular weight is 492 g/mol. The molecule has 0 aromatic heterocycles. The number of aryl methyl sites for hydroxylation is 2. The Balaban J connectivity index is 3.48. The van der Waals surface area contributed by atoms with Crippen molar-refractivity contribution in [3.8, 4) is 0 Å². The fourth-order valence-corrected chi connectivity index (χ4v) is 3.81. The molecule has 0 spiro atoms. The number of aliphatic hydroxyl groups excluding tert-OH is 1. The molecule has 3 amide bonds. The van der Waals surface area contributed by atoms with E-state index >= 15 is 0 Å². The van der Waals surface area contributed by atoms with Gasteiger partial charge in [-0.2, -0.15) is 0 Å². The predicted molar refractivity (Wildman–Crippen MR) is 138 cm³/mol. The van der Waals surface area contributed by atoms with E-state index in [1.165, 1.54) is 4.90 Å². The van der Waals surface area contributed by atoms with Gasteiger partial charge >= 0.3 is 6.09 Å². The van der Waals surface area contributed by atoms with Crippen molar-refractivity contribution in [3.63, 3.8) is 0 Å². The van der Waals surface area contributed by atoms with Gasteiger partial charge in [-0.3, -0.25) is 9.59 Å². The summed E-state index contributed by atoms with van der Waals surface area (Å²) < 4.78 is 5.28. The molecule has 4 unspecified atom stereocenters. The van der Waals surface area contributed by atoms with Crippen molar-refractivity contribution in [3.05, 3.63) is 34.9 Å².